The third-order valence-electron chi connectivity index (χ3n) is 3.07. The summed E-state index contributed by atoms with van der Waals surface area (Å²) in [5.41, 5.74) is 1.17. The molecule has 0 atom stereocenters. The highest BCUT2D eigenvalue weighted by atomic mass is 15.4. The summed E-state index contributed by atoms with van der Waals surface area (Å²) < 4.78 is 1.98. The van der Waals surface area contributed by atoms with Crippen LogP contribution in [0.2, 0.25) is 0 Å². The number of likely N-dealkylation sites (N-methyl/N-ethyl adjacent to an activating group) is 1. The van der Waals surface area contributed by atoms with Gasteiger partial charge in [0, 0.05) is 19.3 Å². The minimum absolute atomic E-state index is 0.0725. The van der Waals surface area contributed by atoms with Gasteiger partial charge in [0.2, 0.25) is 0 Å². The second kappa shape index (κ2) is 3.67. The zero-order valence-corrected chi connectivity index (χ0v) is 9.27. The van der Waals surface area contributed by atoms with Crippen LogP contribution in [-0.4, -0.2) is 34.8 Å². The number of hydrogen-bond donors (Lipinski definition) is 0. The molecule has 0 unspecified atom stereocenters. The lowest BCUT2D eigenvalue weighted by Gasteiger charge is -2.47. The van der Waals surface area contributed by atoms with Crippen molar-refractivity contribution in [1.29, 1.82) is 5.26 Å². The summed E-state index contributed by atoms with van der Waals surface area (Å²) in [7, 11) is 2.07. The van der Waals surface area contributed by atoms with Crippen molar-refractivity contribution in [2.75, 3.05) is 20.1 Å². The number of aromatic nitrogens is 2. The van der Waals surface area contributed by atoms with E-state index < -0.39 is 0 Å². The zero-order chi connectivity index (χ0) is 10.9. The van der Waals surface area contributed by atoms with Crippen molar-refractivity contribution in [3.8, 4) is 6.07 Å². The Kier molecular flexibility index (Phi) is 2.49. The average molecular weight is 204 g/mol. The lowest BCUT2D eigenvalue weighted by Crippen LogP contribution is -2.61. The molecule has 2 heterocycles. The molecule has 4 nitrogen and oxygen atoms in total. The van der Waals surface area contributed by atoms with Crippen LogP contribution >= 0.6 is 0 Å². The van der Waals surface area contributed by atoms with Crippen LogP contribution in [0.3, 0.4) is 0 Å². The second-order valence-corrected chi connectivity index (χ2v) is 4.38. The van der Waals surface area contributed by atoms with Crippen molar-refractivity contribution < 1.29 is 0 Å². The molecule has 2 rings (SSSR count). The van der Waals surface area contributed by atoms with Crippen LogP contribution in [-0.2, 0) is 12.0 Å². The number of rotatable bonds is 3. The summed E-state index contributed by atoms with van der Waals surface area (Å²) in [6.45, 7) is 3.96. The maximum Gasteiger partial charge on any atom is 0.101 e. The van der Waals surface area contributed by atoms with Crippen LogP contribution in [0.15, 0.2) is 12.4 Å². The van der Waals surface area contributed by atoms with Gasteiger partial charge in [-0.15, -0.1) is 0 Å². The molecule has 1 saturated heterocycles. The first kappa shape index (κ1) is 10.2. The van der Waals surface area contributed by atoms with Crippen molar-refractivity contribution in [1.82, 2.24) is 14.7 Å². The highest BCUT2D eigenvalue weighted by molar-refractivity contribution is 5.10. The van der Waals surface area contributed by atoms with Crippen molar-refractivity contribution in [3.63, 3.8) is 0 Å². The fraction of sp³-hybridized carbons (Fsp3) is 0.636. The first-order valence-corrected chi connectivity index (χ1v) is 5.30. The van der Waals surface area contributed by atoms with Crippen molar-refractivity contribution in [3.05, 3.63) is 18.0 Å². The van der Waals surface area contributed by atoms with Gasteiger partial charge in [0.25, 0.3) is 0 Å². The first-order chi connectivity index (χ1) is 7.20. The van der Waals surface area contributed by atoms with E-state index in [9.17, 15) is 0 Å². The largest absolute Gasteiger partial charge is 0.301 e. The van der Waals surface area contributed by atoms with E-state index >= 15 is 0 Å². The summed E-state index contributed by atoms with van der Waals surface area (Å²) in [5.74, 6) is 0. The Morgan fingerprint density at radius 2 is 2.33 bits per heavy atom. The number of likely N-dealkylation sites (tertiary alicyclic amines) is 1. The predicted octanol–water partition coefficient (Wildman–Crippen LogP) is 1.000. The van der Waals surface area contributed by atoms with Gasteiger partial charge in [-0.2, -0.15) is 10.4 Å². The van der Waals surface area contributed by atoms with Gasteiger partial charge in [-0.1, -0.05) is 6.92 Å². The van der Waals surface area contributed by atoms with Gasteiger partial charge >= 0.3 is 0 Å². The third kappa shape index (κ3) is 1.64. The Hall–Kier alpha value is -1.34. The quantitative estimate of drug-likeness (QED) is 0.738. The highest BCUT2D eigenvalue weighted by Gasteiger charge is 2.43. The lowest BCUT2D eigenvalue weighted by atomic mass is 9.87. The van der Waals surface area contributed by atoms with E-state index in [-0.39, 0.29) is 5.54 Å². The van der Waals surface area contributed by atoms with E-state index in [0.717, 1.165) is 19.5 Å². The Balaban J connectivity index is 2.22. The summed E-state index contributed by atoms with van der Waals surface area (Å²) in [5, 5.41) is 13.2. The van der Waals surface area contributed by atoms with Crippen LogP contribution in [0.1, 0.15) is 18.9 Å². The Morgan fingerprint density at radius 1 is 1.60 bits per heavy atom. The summed E-state index contributed by atoms with van der Waals surface area (Å²) in [6.07, 6.45) is 5.52. The molecule has 0 aliphatic carbocycles. The molecule has 0 radical (unpaired) electrons. The zero-order valence-electron chi connectivity index (χ0n) is 9.27. The number of nitrogens with zero attached hydrogens (tertiary/aromatic N) is 4. The second-order valence-electron chi connectivity index (χ2n) is 4.38. The van der Waals surface area contributed by atoms with E-state index in [0.29, 0.717) is 6.42 Å². The average Bonchev–Trinajstić information content (AvgIpc) is 2.63. The number of nitriles is 1. The molecule has 1 fully saturated rings. The topological polar surface area (TPSA) is 44.9 Å². The molecule has 1 aromatic rings. The molecule has 0 amide bonds. The maximum absolute atomic E-state index is 8.87. The fourth-order valence-electron chi connectivity index (χ4n) is 2.25. The van der Waals surface area contributed by atoms with Gasteiger partial charge < -0.3 is 4.90 Å². The van der Waals surface area contributed by atoms with Crippen LogP contribution < -0.4 is 0 Å². The molecule has 15 heavy (non-hydrogen) atoms. The van der Waals surface area contributed by atoms with Crippen molar-refractivity contribution >= 4 is 0 Å². The van der Waals surface area contributed by atoms with E-state index in [1.807, 2.05) is 10.9 Å². The van der Waals surface area contributed by atoms with Crippen LogP contribution in [0.25, 0.3) is 0 Å². The van der Waals surface area contributed by atoms with Crippen LogP contribution in [0.5, 0.6) is 0 Å². The van der Waals surface area contributed by atoms with Gasteiger partial charge in [-0.3, -0.25) is 4.68 Å². The molecule has 0 aromatic carbocycles. The molecule has 4 heteroatoms. The maximum atomic E-state index is 8.87. The lowest BCUT2D eigenvalue weighted by molar-refractivity contribution is 0.0264. The molecule has 0 bridgehead atoms. The minimum atomic E-state index is -0.0725. The monoisotopic (exact) mass is 204 g/mol. The standard InChI is InChI=1S/C11H16N4/c1-3-10-6-13-15(7-10)11(4-5-12)8-14(2)9-11/h6-7H,3-4,8-9H2,1-2H3. The van der Waals surface area contributed by atoms with Crippen LogP contribution in [0.4, 0.5) is 0 Å². The van der Waals surface area contributed by atoms with E-state index in [1.54, 1.807) is 0 Å². The summed E-state index contributed by atoms with van der Waals surface area (Å²) in [6, 6.07) is 2.27. The molecule has 0 N–H and O–H groups in total. The van der Waals surface area contributed by atoms with Gasteiger partial charge in [-0.25, -0.2) is 0 Å². The molecule has 1 aliphatic rings. The van der Waals surface area contributed by atoms with E-state index in [2.05, 4.69) is 36.2 Å². The van der Waals surface area contributed by atoms with Gasteiger partial charge in [0.05, 0.1) is 18.7 Å². The summed E-state index contributed by atoms with van der Waals surface area (Å²) >= 11 is 0. The van der Waals surface area contributed by atoms with E-state index in [4.69, 9.17) is 5.26 Å². The smallest absolute Gasteiger partial charge is 0.101 e. The Bertz CT molecular complexity index is 382. The van der Waals surface area contributed by atoms with Crippen LogP contribution in [0, 0.1) is 11.3 Å². The third-order valence-corrected chi connectivity index (χ3v) is 3.07. The SMILES string of the molecule is CCc1cnn(C2(CC#N)CN(C)C2)c1. The van der Waals surface area contributed by atoms with Gasteiger partial charge in [0.1, 0.15) is 5.54 Å². The highest BCUT2D eigenvalue weighted by Crippen LogP contribution is 2.30. The minimum Gasteiger partial charge on any atom is -0.301 e. The van der Waals surface area contributed by atoms with Crippen molar-refractivity contribution in [2.45, 2.75) is 25.3 Å². The normalized spacial score (nSPS) is 19.5. The molecule has 0 saturated carbocycles. The molecule has 0 spiro atoms. The Morgan fingerprint density at radius 3 is 2.80 bits per heavy atom. The van der Waals surface area contributed by atoms with Gasteiger partial charge in [-0.05, 0) is 19.0 Å². The molecular weight excluding hydrogens is 188 g/mol. The molecule has 1 aromatic heterocycles. The first-order valence-electron chi connectivity index (χ1n) is 5.30. The molecule has 80 valence electrons. The molecule has 1 aliphatic heterocycles. The fourth-order valence-corrected chi connectivity index (χ4v) is 2.25. The summed E-state index contributed by atoms with van der Waals surface area (Å²) in [4.78, 5) is 2.21. The Labute approximate surface area is 90.1 Å². The number of hydrogen-bond acceptors (Lipinski definition) is 3. The molecular formula is C11H16N4. The van der Waals surface area contributed by atoms with E-state index in [1.165, 1.54) is 5.56 Å². The predicted molar refractivity (Wildman–Crippen MR) is 57.3 cm³/mol. The van der Waals surface area contributed by atoms with Crippen molar-refractivity contribution in [2.24, 2.45) is 0 Å². The van der Waals surface area contributed by atoms with Gasteiger partial charge in [0.15, 0.2) is 0 Å². The number of aryl methyl sites for hydroxylation is 1.